The molecule has 2 N–H and O–H groups in total. The van der Waals surface area contributed by atoms with Crippen molar-refractivity contribution < 1.29 is 18.5 Å². The molecule has 0 fully saturated rings. The van der Waals surface area contributed by atoms with Crippen molar-refractivity contribution in [1.82, 2.24) is 0 Å². The molecule has 0 spiro atoms. The quantitative estimate of drug-likeness (QED) is 0.637. The third-order valence-electron chi connectivity index (χ3n) is 2.67. The third kappa shape index (κ3) is 4.57. The molecule has 0 aliphatic carbocycles. The Morgan fingerprint density at radius 2 is 1.86 bits per heavy atom. The zero-order valence-electron chi connectivity index (χ0n) is 10.9. The van der Waals surface area contributed by atoms with Crippen LogP contribution in [0.3, 0.4) is 0 Å². The number of nitrogens with one attached hydrogen (secondary N) is 1. The van der Waals surface area contributed by atoms with E-state index in [0.29, 0.717) is 21.8 Å². The fourth-order valence-corrected chi connectivity index (χ4v) is 4.03. The Labute approximate surface area is 126 Å². The molecule has 0 saturated carbocycles. The molecule has 0 amide bonds. The lowest BCUT2D eigenvalue weighted by molar-refractivity contribution is 0.0698. The molecule has 2 aromatic rings. The van der Waals surface area contributed by atoms with Crippen molar-refractivity contribution in [3.05, 3.63) is 65.5 Å². The molecule has 2 rings (SSSR count). The fraction of sp³-hybridized carbons (Fsp3) is 0.0714. The maximum Gasteiger partial charge on any atom is 0.337 e. The summed E-state index contributed by atoms with van der Waals surface area (Å²) < 4.78 is 27.5. The van der Waals surface area contributed by atoms with Gasteiger partial charge in [0, 0.05) is 5.75 Å². The molecule has 1 atom stereocenters. The highest BCUT2D eigenvalue weighted by molar-refractivity contribution is 8.30. The molecular formula is C14H14FNO3S2. The van der Waals surface area contributed by atoms with Gasteiger partial charge in [0.25, 0.3) is 0 Å². The Hall–Kier alpha value is -1.86. The number of carboxylic acid groups (broad SMARTS) is 1. The van der Waals surface area contributed by atoms with Crippen LogP contribution in [-0.2, 0) is 25.6 Å². The van der Waals surface area contributed by atoms with Crippen molar-refractivity contribution >= 4 is 31.5 Å². The Balaban J connectivity index is 2.09. The van der Waals surface area contributed by atoms with Gasteiger partial charge in [-0.3, -0.25) is 0 Å². The van der Waals surface area contributed by atoms with Crippen LogP contribution in [-0.4, -0.2) is 15.3 Å². The highest BCUT2D eigenvalue weighted by Crippen LogP contribution is 2.14. The zero-order chi connectivity index (χ0) is 15.2. The fourth-order valence-electron chi connectivity index (χ4n) is 1.64. The van der Waals surface area contributed by atoms with Crippen LogP contribution in [0.2, 0.25) is 0 Å². The Kier molecular flexibility index (Phi) is 5.35. The number of hydrogen-bond acceptors (Lipinski definition) is 2. The molecule has 21 heavy (non-hydrogen) atoms. The van der Waals surface area contributed by atoms with Gasteiger partial charge in [-0.25, -0.2) is 13.4 Å². The molecule has 1 unspecified atom stereocenters. The third-order valence-corrected chi connectivity index (χ3v) is 5.36. The van der Waals surface area contributed by atoms with Crippen LogP contribution < -0.4 is 4.72 Å². The number of thiol groups is 2. The molecule has 4 nitrogen and oxygen atoms in total. The molecule has 112 valence electrons. The van der Waals surface area contributed by atoms with Crippen molar-refractivity contribution in [3.63, 3.8) is 0 Å². The first-order chi connectivity index (χ1) is 10.1. The van der Waals surface area contributed by atoms with Gasteiger partial charge >= 0.3 is 5.97 Å². The van der Waals surface area contributed by atoms with Gasteiger partial charge in [0.15, 0.2) is 0 Å². The Bertz CT molecular complexity index is 725. The smallest absolute Gasteiger partial charge is 0.337 e. The number of carboxylic acids is 1. The predicted molar refractivity (Wildman–Crippen MR) is 85.4 cm³/mol. The molecule has 0 heterocycles. The highest BCUT2D eigenvalue weighted by atomic mass is 32.8. The van der Waals surface area contributed by atoms with E-state index in [2.05, 4.69) is 4.72 Å². The standard InChI is InChI=1S/C14H14FNO3S2/c15-11-7-5-10(6-8-11)9-20-21(19)16-13-4-2-1-3-12(13)14(17)18/h1-8,20-21H,9H2,(H,16,19)(H,17,18). The van der Waals surface area contributed by atoms with E-state index in [1.54, 1.807) is 30.3 Å². The summed E-state index contributed by atoms with van der Waals surface area (Å²) in [5.41, 5.74) is 1.28. The second-order valence-corrected chi connectivity index (χ2v) is 7.47. The number of rotatable bonds is 5. The number of halogens is 1. The van der Waals surface area contributed by atoms with E-state index in [0.717, 1.165) is 5.56 Å². The second kappa shape index (κ2) is 7.24. The maximum atomic E-state index is 12.8. The number of benzene rings is 2. The molecule has 0 radical (unpaired) electrons. The van der Waals surface area contributed by atoms with Crippen LogP contribution in [0.1, 0.15) is 15.9 Å². The van der Waals surface area contributed by atoms with E-state index in [9.17, 15) is 13.4 Å². The number of carbonyl (C=O) groups is 1. The maximum absolute atomic E-state index is 12.8. The highest BCUT2D eigenvalue weighted by Gasteiger charge is 2.07. The van der Waals surface area contributed by atoms with E-state index < -0.39 is 15.5 Å². The van der Waals surface area contributed by atoms with Gasteiger partial charge in [0.2, 0.25) is 0 Å². The van der Waals surface area contributed by atoms with Crippen molar-refractivity contribution in [2.45, 2.75) is 5.75 Å². The number of para-hydroxylation sites is 1. The lowest BCUT2D eigenvalue weighted by atomic mass is 10.2. The number of hydrogen-bond donors (Lipinski definition) is 4. The van der Waals surface area contributed by atoms with Crippen molar-refractivity contribution in [1.29, 1.82) is 0 Å². The number of aromatic carboxylic acids is 1. The van der Waals surface area contributed by atoms with Crippen molar-refractivity contribution in [3.8, 4) is 0 Å². The summed E-state index contributed by atoms with van der Waals surface area (Å²) in [5.74, 6) is -0.887. The van der Waals surface area contributed by atoms with Gasteiger partial charge in [-0.05, 0) is 29.8 Å². The monoisotopic (exact) mass is 327 g/mol. The summed E-state index contributed by atoms with van der Waals surface area (Å²) >= 11 is 0. The topological polar surface area (TPSA) is 66.4 Å². The van der Waals surface area contributed by atoms with Crippen molar-refractivity contribution in [2.75, 3.05) is 4.72 Å². The summed E-state index contributed by atoms with van der Waals surface area (Å²) in [5, 5.41) is 9.04. The summed E-state index contributed by atoms with van der Waals surface area (Å²) in [6, 6.07) is 12.3. The Morgan fingerprint density at radius 1 is 1.19 bits per heavy atom. The molecule has 0 aliphatic rings. The van der Waals surface area contributed by atoms with Crippen LogP contribution in [0.5, 0.6) is 0 Å². The first kappa shape index (κ1) is 15.5. The van der Waals surface area contributed by atoms with Gasteiger partial charge in [0.1, 0.15) is 5.82 Å². The number of anilines is 1. The first-order valence-electron chi connectivity index (χ1n) is 6.04. The predicted octanol–water partition coefficient (Wildman–Crippen LogP) is 2.26. The molecule has 0 aliphatic heterocycles. The van der Waals surface area contributed by atoms with E-state index in [1.165, 1.54) is 18.2 Å². The summed E-state index contributed by atoms with van der Waals surface area (Å²) in [6.45, 7) is 0. The van der Waals surface area contributed by atoms with Gasteiger partial charge in [-0.2, -0.15) is 0 Å². The summed E-state index contributed by atoms with van der Waals surface area (Å²) in [6.07, 6.45) is 0. The minimum atomic E-state index is -1.81. The average molecular weight is 327 g/mol. The van der Waals surface area contributed by atoms with Crippen LogP contribution in [0.25, 0.3) is 0 Å². The van der Waals surface area contributed by atoms with Crippen LogP contribution >= 0.6 is 0 Å². The van der Waals surface area contributed by atoms with E-state index in [4.69, 9.17) is 5.11 Å². The van der Waals surface area contributed by atoms with E-state index in [-0.39, 0.29) is 11.4 Å². The van der Waals surface area contributed by atoms with E-state index in [1.807, 2.05) is 0 Å². The summed E-state index contributed by atoms with van der Waals surface area (Å²) in [4.78, 5) is 11.0. The van der Waals surface area contributed by atoms with Gasteiger partial charge < -0.3 is 9.83 Å². The largest absolute Gasteiger partial charge is 0.478 e. The Morgan fingerprint density at radius 3 is 2.52 bits per heavy atom. The molecule has 2 aromatic carbocycles. The first-order valence-corrected chi connectivity index (χ1v) is 9.09. The minimum absolute atomic E-state index is 0.0813. The lowest BCUT2D eigenvalue weighted by Crippen LogP contribution is -2.05. The SMILES string of the molecule is O=C(O)c1ccccc1N/[SH](=O)=[SH]/Cc1ccc(F)cc1. The summed E-state index contributed by atoms with van der Waals surface area (Å²) in [7, 11) is -1.21. The van der Waals surface area contributed by atoms with Crippen molar-refractivity contribution in [2.24, 2.45) is 0 Å². The van der Waals surface area contributed by atoms with Crippen LogP contribution in [0.4, 0.5) is 10.1 Å². The molecular weight excluding hydrogens is 313 g/mol. The molecule has 0 saturated heterocycles. The van der Waals surface area contributed by atoms with Crippen LogP contribution in [0, 0.1) is 5.82 Å². The minimum Gasteiger partial charge on any atom is -0.478 e. The lowest BCUT2D eigenvalue weighted by Gasteiger charge is -2.05. The average Bonchev–Trinajstić information content (AvgIpc) is 2.47. The second-order valence-electron chi connectivity index (χ2n) is 4.16. The molecule has 0 bridgehead atoms. The van der Waals surface area contributed by atoms with Gasteiger partial charge in [-0.15, -0.1) is 10.3 Å². The van der Waals surface area contributed by atoms with Gasteiger partial charge in [-0.1, -0.05) is 24.3 Å². The van der Waals surface area contributed by atoms with E-state index >= 15 is 0 Å². The molecule has 7 heteroatoms. The van der Waals surface area contributed by atoms with Gasteiger partial charge in [0.05, 0.1) is 20.8 Å². The normalized spacial score (nSPS) is 12.4. The van der Waals surface area contributed by atoms with Crippen LogP contribution in [0.15, 0.2) is 48.5 Å². The zero-order valence-corrected chi connectivity index (χ0v) is 12.7. The molecule has 0 aromatic heterocycles.